The molecule has 0 fully saturated rings. The van der Waals surface area contributed by atoms with Crippen molar-refractivity contribution >= 4 is 11.8 Å². The number of aliphatic hydroxyl groups is 1. The topological polar surface area (TPSA) is 32.3 Å². The highest BCUT2D eigenvalue weighted by atomic mass is 32.2. The molecule has 0 aromatic rings. The Hall–Kier alpha value is 0.270. The van der Waals surface area contributed by atoms with Gasteiger partial charge in [-0.05, 0) is 25.5 Å². The molecule has 0 rings (SSSR count). The Balaban J connectivity index is 3.25. The predicted molar refractivity (Wildman–Crippen MR) is 61.3 cm³/mol. The van der Waals surface area contributed by atoms with Crippen molar-refractivity contribution in [3.8, 4) is 0 Å². The number of hydrogen-bond donors (Lipinski definition) is 2. The molecule has 0 aromatic heterocycles. The summed E-state index contributed by atoms with van der Waals surface area (Å²) >= 11 is 1.98. The van der Waals surface area contributed by atoms with Crippen molar-refractivity contribution in [2.45, 2.75) is 39.8 Å². The highest BCUT2D eigenvalue weighted by Crippen LogP contribution is 2.08. The van der Waals surface area contributed by atoms with Gasteiger partial charge in [0.1, 0.15) is 0 Å². The number of thioether (sulfide) groups is 1. The molecule has 0 spiro atoms. The second-order valence-corrected chi connectivity index (χ2v) is 5.16. The van der Waals surface area contributed by atoms with Gasteiger partial charge in [-0.1, -0.05) is 13.8 Å². The first-order valence-corrected chi connectivity index (χ1v) is 6.17. The van der Waals surface area contributed by atoms with Crippen LogP contribution in [0.15, 0.2) is 0 Å². The summed E-state index contributed by atoms with van der Waals surface area (Å²) in [5.41, 5.74) is 0. The molecule has 0 heterocycles. The Bertz CT molecular complexity index is 117. The molecule has 0 radical (unpaired) electrons. The third kappa shape index (κ3) is 10.2. The van der Waals surface area contributed by atoms with Crippen molar-refractivity contribution in [3.05, 3.63) is 0 Å². The Labute approximate surface area is 86.5 Å². The second kappa shape index (κ2) is 7.65. The molecule has 0 amide bonds. The molecule has 2 atom stereocenters. The van der Waals surface area contributed by atoms with Crippen LogP contribution in [0, 0.1) is 5.92 Å². The molecule has 0 saturated carbocycles. The standard InChI is InChI=1S/C10H23NOS/c1-8(2)6-13-7-9(3)11-5-10(4)12/h8-12H,5-7H2,1-4H3/t9?,10-/m1/s1. The maximum atomic E-state index is 9.05. The van der Waals surface area contributed by atoms with Gasteiger partial charge >= 0.3 is 0 Å². The van der Waals surface area contributed by atoms with Gasteiger partial charge in [0, 0.05) is 18.3 Å². The van der Waals surface area contributed by atoms with Crippen LogP contribution in [0.3, 0.4) is 0 Å². The predicted octanol–water partition coefficient (Wildman–Crippen LogP) is 1.73. The summed E-state index contributed by atoms with van der Waals surface area (Å²) in [6, 6.07) is 0.498. The first-order chi connectivity index (χ1) is 6.02. The molecular weight excluding hydrogens is 182 g/mol. The van der Waals surface area contributed by atoms with Gasteiger partial charge in [-0.15, -0.1) is 0 Å². The van der Waals surface area contributed by atoms with Crippen LogP contribution in [0.4, 0.5) is 0 Å². The van der Waals surface area contributed by atoms with Crippen molar-refractivity contribution in [2.24, 2.45) is 5.92 Å². The van der Waals surface area contributed by atoms with E-state index in [9.17, 15) is 0 Å². The van der Waals surface area contributed by atoms with Gasteiger partial charge in [0.25, 0.3) is 0 Å². The third-order valence-corrected chi connectivity index (χ3v) is 3.22. The first kappa shape index (κ1) is 13.3. The molecule has 0 aliphatic carbocycles. The van der Waals surface area contributed by atoms with E-state index in [0.29, 0.717) is 12.6 Å². The van der Waals surface area contributed by atoms with E-state index in [2.05, 4.69) is 26.1 Å². The zero-order valence-electron chi connectivity index (χ0n) is 9.21. The second-order valence-electron chi connectivity index (χ2n) is 4.09. The van der Waals surface area contributed by atoms with Gasteiger partial charge in [-0.3, -0.25) is 0 Å². The number of aliphatic hydroxyl groups excluding tert-OH is 1. The van der Waals surface area contributed by atoms with E-state index >= 15 is 0 Å². The molecule has 0 aliphatic rings. The molecule has 2 nitrogen and oxygen atoms in total. The van der Waals surface area contributed by atoms with E-state index in [0.717, 1.165) is 11.7 Å². The summed E-state index contributed by atoms with van der Waals surface area (Å²) in [4.78, 5) is 0. The molecule has 0 aliphatic heterocycles. The Kier molecular flexibility index (Phi) is 7.81. The maximum Gasteiger partial charge on any atom is 0.0636 e. The highest BCUT2D eigenvalue weighted by molar-refractivity contribution is 7.99. The SMILES string of the molecule is CC(C)CSCC(C)NC[C@@H](C)O. The number of nitrogens with one attached hydrogen (secondary N) is 1. The lowest BCUT2D eigenvalue weighted by Crippen LogP contribution is -2.34. The lowest BCUT2D eigenvalue weighted by molar-refractivity contribution is 0.188. The van der Waals surface area contributed by atoms with Crippen LogP contribution in [0.1, 0.15) is 27.7 Å². The normalized spacial score (nSPS) is 16.2. The van der Waals surface area contributed by atoms with Crippen LogP contribution in [0.5, 0.6) is 0 Å². The molecule has 0 saturated heterocycles. The lowest BCUT2D eigenvalue weighted by atomic mass is 10.3. The minimum absolute atomic E-state index is 0.238. The van der Waals surface area contributed by atoms with Crippen LogP contribution in [-0.2, 0) is 0 Å². The quantitative estimate of drug-likeness (QED) is 0.664. The van der Waals surface area contributed by atoms with Crippen LogP contribution in [0.25, 0.3) is 0 Å². The summed E-state index contributed by atoms with van der Waals surface area (Å²) in [5.74, 6) is 3.12. The van der Waals surface area contributed by atoms with Crippen LogP contribution >= 0.6 is 11.8 Å². The van der Waals surface area contributed by atoms with Gasteiger partial charge in [0.15, 0.2) is 0 Å². The fraction of sp³-hybridized carbons (Fsp3) is 1.00. The van der Waals surface area contributed by atoms with Gasteiger partial charge in [0.2, 0.25) is 0 Å². The van der Waals surface area contributed by atoms with Gasteiger partial charge in [0.05, 0.1) is 6.10 Å². The van der Waals surface area contributed by atoms with E-state index < -0.39 is 0 Å². The van der Waals surface area contributed by atoms with E-state index in [1.54, 1.807) is 6.92 Å². The number of rotatable bonds is 7. The zero-order chi connectivity index (χ0) is 10.3. The van der Waals surface area contributed by atoms with E-state index in [4.69, 9.17) is 5.11 Å². The first-order valence-electron chi connectivity index (χ1n) is 5.01. The maximum absolute atomic E-state index is 9.05. The highest BCUT2D eigenvalue weighted by Gasteiger charge is 2.03. The van der Waals surface area contributed by atoms with E-state index in [-0.39, 0.29) is 6.10 Å². The Morgan fingerprint density at radius 1 is 1.15 bits per heavy atom. The van der Waals surface area contributed by atoms with Gasteiger partial charge in [-0.25, -0.2) is 0 Å². The minimum Gasteiger partial charge on any atom is -0.392 e. The van der Waals surface area contributed by atoms with Gasteiger partial charge < -0.3 is 10.4 Å². The average Bonchev–Trinajstić information content (AvgIpc) is 2.00. The fourth-order valence-corrected chi connectivity index (χ4v) is 1.99. The smallest absolute Gasteiger partial charge is 0.0636 e. The van der Waals surface area contributed by atoms with Crippen molar-refractivity contribution in [1.29, 1.82) is 0 Å². The molecule has 1 unspecified atom stereocenters. The molecule has 0 bridgehead atoms. The van der Waals surface area contributed by atoms with Crippen molar-refractivity contribution in [2.75, 3.05) is 18.1 Å². The molecular formula is C10H23NOS. The lowest BCUT2D eigenvalue weighted by Gasteiger charge is -2.15. The summed E-state index contributed by atoms with van der Waals surface area (Å²) in [7, 11) is 0. The van der Waals surface area contributed by atoms with E-state index in [1.165, 1.54) is 5.75 Å². The largest absolute Gasteiger partial charge is 0.392 e. The van der Waals surface area contributed by atoms with Crippen molar-refractivity contribution in [3.63, 3.8) is 0 Å². The zero-order valence-corrected chi connectivity index (χ0v) is 10.0. The summed E-state index contributed by atoms with van der Waals surface area (Å²) in [6.07, 6.45) is -0.238. The Morgan fingerprint density at radius 3 is 2.23 bits per heavy atom. The average molecular weight is 205 g/mol. The fourth-order valence-electron chi connectivity index (χ4n) is 0.911. The number of hydrogen-bond acceptors (Lipinski definition) is 3. The Morgan fingerprint density at radius 2 is 1.77 bits per heavy atom. The summed E-state index contributed by atoms with van der Waals surface area (Å²) in [6.45, 7) is 9.14. The van der Waals surface area contributed by atoms with Crippen molar-refractivity contribution in [1.82, 2.24) is 5.32 Å². The van der Waals surface area contributed by atoms with Crippen molar-refractivity contribution < 1.29 is 5.11 Å². The van der Waals surface area contributed by atoms with Crippen LogP contribution < -0.4 is 5.32 Å². The third-order valence-electron chi connectivity index (χ3n) is 1.58. The molecule has 3 heteroatoms. The summed E-state index contributed by atoms with van der Waals surface area (Å²) in [5, 5.41) is 12.3. The minimum atomic E-state index is -0.238. The van der Waals surface area contributed by atoms with Crippen LogP contribution in [-0.4, -0.2) is 35.3 Å². The molecule has 13 heavy (non-hydrogen) atoms. The van der Waals surface area contributed by atoms with E-state index in [1.807, 2.05) is 11.8 Å². The molecule has 0 aromatic carbocycles. The summed E-state index contributed by atoms with van der Waals surface area (Å²) < 4.78 is 0. The molecule has 80 valence electrons. The van der Waals surface area contributed by atoms with Gasteiger partial charge in [-0.2, -0.15) is 11.8 Å². The monoisotopic (exact) mass is 205 g/mol. The molecule has 2 N–H and O–H groups in total. The van der Waals surface area contributed by atoms with Crippen LogP contribution in [0.2, 0.25) is 0 Å².